The van der Waals surface area contributed by atoms with Crippen molar-refractivity contribution in [2.45, 2.75) is 39.2 Å². The van der Waals surface area contributed by atoms with Crippen molar-refractivity contribution in [2.75, 3.05) is 26.3 Å². The molecule has 1 saturated heterocycles. The highest BCUT2D eigenvalue weighted by Gasteiger charge is 2.22. The van der Waals surface area contributed by atoms with Gasteiger partial charge in [0.2, 0.25) is 5.91 Å². The van der Waals surface area contributed by atoms with Gasteiger partial charge in [0, 0.05) is 12.5 Å². The van der Waals surface area contributed by atoms with Crippen molar-refractivity contribution in [1.82, 2.24) is 10.6 Å². The molecule has 24 heavy (non-hydrogen) atoms. The van der Waals surface area contributed by atoms with Crippen LogP contribution in [-0.4, -0.2) is 38.3 Å². The van der Waals surface area contributed by atoms with E-state index in [0.29, 0.717) is 38.0 Å². The fraction of sp³-hybridized carbons (Fsp3) is 0.611. The van der Waals surface area contributed by atoms with Gasteiger partial charge in [-0.05, 0) is 50.9 Å². The van der Waals surface area contributed by atoms with Gasteiger partial charge in [-0.15, -0.1) is 12.4 Å². The lowest BCUT2D eigenvalue weighted by Gasteiger charge is -2.30. The number of rotatable bonds is 8. The van der Waals surface area contributed by atoms with E-state index in [2.05, 4.69) is 17.6 Å². The molecule has 2 rings (SSSR count). The number of carbonyl (C=O) groups excluding carboxylic acids is 1. The van der Waals surface area contributed by atoms with E-state index >= 15 is 0 Å². The van der Waals surface area contributed by atoms with Crippen molar-refractivity contribution in [3.63, 3.8) is 0 Å². The summed E-state index contributed by atoms with van der Waals surface area (Å²) in [5.74, 6) is 2.09. The lowest BCUT2D eigenvalue weighted by molar-refractivity contribution is -0.122. The minimum Gasteiger partial charge on any atom is -0.490 e. The van der Waals surface area contributed by atoms with Crippen molar-refractivity contribution in [1.29, 1.82) is 0 Å². The number of amides is 1. The van der Waals surface area contributed by atoms with Crippen LogP contribution in [0, 0.1) is 5.92 Å². The fourth-order valence-corrected chi connectivity index (χ4v) is 2.77. The van der Waals surface area contributed by atoms with E-state index in [1.165, 1.54) is 0 Å². The molecule has 6 heteroatoms. The maximum absolute atomic E-state index is 12.0. The standard InChI is InChI=1S/C18H28N2O3.ClH/c1-3-22-16-7-4-5-8-17(16)23-12-6-9-18(21)20-15-10-11-19-13-14(15)2;/h4-5,7-8,14-15,19H,3,6,9-13H2,1-2H3,(H,20,21);1H. The predicted molar refractivity (Wildman–Crippen MR) is 98.2 cm³/mol. The summed E-state index contributed by atoms with van der Waals surface area (Å²) in [6.07, 6.45) is 2.20. The number of para-hydroxylation sites is 2. The van der Waals surface area contributed by atoms with Crippen molar-refractivity contribution in [2.24, 2.45) is 5.92 Å². The molecule has 1 heterocycles. The smallest absolute Gasteiger partial charge is 0.220 e. The number of piperidine rings is 1. The summed E-state index contributed by atoms with van der Waals surface area (Å²) in [6.45, 7) is 7.19. The minimum absolute atomic E-state index is 0. The van der Waals surface area contributed by atoms with Crippen LogP contribution in [0.2, 0.25) is 0 Å². The molecule has 5 nitrogen and oxygen atoms in total. The maximum Gasteiger partial charge on any atom is 0.220 e. The normalized spacial score (nSPS) is 19.9. The highest BCUT2D eigenvalue weighted by molar-refractivity contribution is 5.85. The topological polar surface area (TPSA) is 59.6 Å². The zero-order valence-electron chi connectivity index (χ0n) is 14.5. The second kappa shape index (κ2) is 11.2. The molecule has 2 N–H and O–H groups in total. The third-order valence-electron chi connectivity index (χ3n) is 4.09. The van der Waals surface area contributed by atoms with Crippen LogP contribution in [0.25, 0.3) is 0 Å². The molecule has 1 aliphatic rings. The van der Waals surface area contributed by atoms with Crippen LogP contribution in [0.5, 0.6) is 11.5 Å². The monoisotopic (exact) mass is 356 g/mol. The first-order chi connectivity index (χ1) is 11.2. The molecular formula is C18H29ClN2O3. The van der Waals surface area contributed by atoms with Crippen LogP contribution in [0.4, 0.5) is 0 Å². The second-order valence-corrected chi connectivity index (χ2v) is 5.98. The zero-order chi connectivity index (χ0) is 16.5. The summed E-state index contributed by atoms with van der Waals surface area (Å²) >= 11 is 0. The van der Waals surface area contributed by atoms with Gasteiger partial charge in [-0.1, -0.05) is 19.1 Å². The summed E-state index contributed by atoms with van der Waals surface area (Å²) in [5, 5.41) is 6.48. The zero-order valence-corrected chi connectivity index (χ0v) is 15.4. The Morgan fingerprint density at radius 2 is 2.00 bits per heavy atom. The van der Waals surface area contributed by atoms with E-state index < -0.39 is 0 Å². The molecule has 0 aromatic heterocycles. The summed E-state index contributed by atoms with van der Waals surface area (Å²) in [6, 6.07) is 7.92. The van der Waals surface area contributed by atoms with Gasteiger partial charge < -0.3 is 20.1 Å². The number of halogens is 1. The molecule has 1 aromatic rings. The summed E-state index contributed by atoms with van der Waals surface area (Å²) in [5.41, 5.74) is 0. The SMILES string of the molecule is CCOc1ccccc1OCCCC(=O)NC1CCNCC1C.Cl. The molecule has 0 saturated carbocycles. The van der Waals surface area contributed by atoms with Crippen molar-refractivity contribution >= 4 is 18.3 Å². The first-order valence-corrected chi connectivity index (χ1v) is 8.55. The molecule has 1 fully saturated rings. The van der Waals surface area contributed by atoms with Gasteiger partial charge in [0.25, 0.3) is 0 Å². The molecule has 136 valence electrons. The quantitative estimate of drug-likeness (QED) is 0.703. The first-order valence-electron chi connectivity index (χ1n) is 8.55. The number of ether oxygens (including phenoxy) is 2. The number of benzene rings is 1. The van der Waals surface area contributed by atoms with Gasteiger partial charge in [-0.2, -0.15) is 0 Å². The maximum atomic E-state index is 12.0. The Bertz CT molecular complexity index is 499. The van der Waals surface area contributed by atoms with E-state index in [-0.39, 0.29) is 18.3 Å². The highest BCUT2D eigenvalue weighted by atomic mass is 35.5. The average Bonchev–Trinajstić information content (AvgIpc) is 2.55. The van der Waals surface area contributed by atoms with Crippen molar-refractivity contribution < 1.29 is 14.3 Å². The van der Waals surface area contributed by atoms with Gasteiger partial charge in [-0.3, -0.25) is 4.79 Å². The lowest BCUT2D eigenvalue weighted by atomic mass is 9.95. The Hall–Kier alpha value is -1.46. The Balaban J connectivity index is 0.00000288. The van der Waals surface area contributed by atoms with Crippen LogP contribution in [0.3, 0.4) is 0 Å². The minimum atomic E-state index is 0. The summed E-state index contributed by atoms with van der Waals surface area (Å²) in [4.78, 5) is 12.0. The van der Waals surface area contributed by atoms with Gasteiger partial charge >= 0.3 is 0 Å². The molecule has 0 bridgehead atoms. The van der Waals surface area contributed by atoms with Crippen LogP contribution >= 0.6 is 12.4 Å². The van der Waals surface area contributed by atoms with Crippen molar-refractivity contribution in [3.8, 4) is 11.5 Å². The Morgan fingerprint density at radius 3 is 2.67 bits per heavy atom. The lowest BCUT2D eigenvalue weighted by Crippen LogP contribution is -2.48. The first kappa shape index (κ1) is 20.6. The molecule has 1 aliphatic heterocycles. The van der Waals surface area contributed by atoms with E-state index in [1.807, 2.05) is 31.2 Å². The number of hydrogen-bond acceptors (Lipinski definition) is 4. The summed E-state index contributed by atoms with van der Waals surface area (Å²) in [7, 11) is 0. The number of carbonyl (C=O) groups is 1. The molecule has 2 unspecified atom stereocenters. The average molecular weight is 357 g/mol. The molecule has 0 spiro atoms. The van der Waals surface area contributed by atoms with E-state index in [4.69, 9.17) is 9.47 Å². The molecule has 0 aliphatic carbocycles. The Morgan fingerprint density at radius 1 is 1.29 bits per heavy atom. The largest absolute Gasteiger partial charge is 0.490 e. The molecule has 1 amide bonds. The van der Waals surface area contributed by atoms with Gasteiger partial charge in [0.05, 0.1) is 13.2 Å². The van der Waals surface area contributed by atoms with Crippen LogP contribution in [0.1, 0.15) is 33.1 Å². The molecule has 0 radical (unpaired) electrons. The summed E-state index contributed by atoms with van der Waals surface area (Å²) < 4.78 is 11.3. The second-order valence-electron chi connectivity index (χ2n) is 5.98. The molecule has 1 aromatic carbocycles. The Labute approximate surface area is 150 Å². The molecular weight excluding hydrogens is 328 g/mol. The molecule has 2 atom stereocenters. The van der Waals surface area contributed by atoms with Crippen LogP contribution < -0.4 is 20.1 Å². The number of nitrogens with one attached hydrogen (secondary N) is 2. The van der Waals surface area contributed by atoms with E-state index in [9.17, 15) is 4.79 Å². The van der Waals surface area contributed by atoms with Gasteiger partial charge in [0.1, 0.15) is 0 Å². The number of hydrogen-bond donors (Lipinski definition) is 2. The van der Waals surface area contributed by atoms with Gasteiger partial charge in [0.15, 0.2) is 11.5 Å². The van der Waals surface area contributed by atoms with Crippen molar-refractivity contribution in [3.05, 3.63) is 24.3 Å². The van der Waals surface area contributed by atoms with Crippen LogP contribution in [-0.2, 0) is 4.79 Å². The fourth-order valence-electron chi connectivity index (χ4n) is 2.77. The van der Waals surface area contributed by atoms with Gasteiger partial charge in [-0.25, -0.2) is 0 Å². The predicted octanol–water partition coefficient (Wildman–Crippen LogP) is 2.78. The Kier molecular flexibility index (Phi) is 9.57. The third-order valence-corrected chi connectivity index (χ3v) is 4.09. The van der Waals surface area contributed by atoms with E-state index in [0.717, 1.165) is 31.0 Å². The van der Waals surface area contributed by atoms with E-state index in [1.54, 1.807) is 0 Å². The third kappa shape index (κ3) is 6.57. The van der Waals surface area contributed by atoms with Crippen LogP contribution in [0.15, 0.2) is 24.3 Å². The highest BCUT2D eigenvalue weighted by Crippen LogP contribution is 2.26.